The molecule has 1 rings (SSSR count). The average Bonchev–Trinajstić information content (AvgIpc) is 2.28. The lowest BCUT2D eigenvalue weighted by atomic mass is 9.95. The molecule has 4 heteroatoms. The van der Waals surface area contributed by atoms with Crippen molar-refractivity contribution in [1.82, 2.24) is 4.90 Å². The summed E-state index contributed by atoms with van der Waals surface area (Å²) in [6.07, 6.45) is 0. The first-order chi connectivity index (χ1) is 7.95. The maximum Gasteiger partial charge on any atom is 0.317 e. The molecule has 0 aromatic heterocycles. The quantitative estimate of drug-likeness (QED) is 0.783. The van der Waals surface area contributed by atoms with Gasteiger partial charge in [-0.2, -0.15) is 0 Å². The third kappa shape index (κ3) is 4.17. The smallest absolute Gasteiger partial charge is 0.317 e. The number of hydrogen-bond acceptors (Lipinski definition) is 3. The van der Waals surface area contributed by atoms with E-state index in [1.807, 2.05) is 37.3 Å². The molecule has 1 aromatic carbocycles. The molecule has 0 bridgehead atoms. The maximum atomic E-state index is 10.7. The van der Waals surface area contributed by atoms with E-state index in [0.29, 0.717) is 13.1 Å². The zero-order chi connectivity index (χ0) is 12.9. The molecular weight excluding hydrogens is 218 g/mol. The predicted octanol–water partition coefficient (Wildman–Crippen LogP) is 1.30. The maximum absolute atomic E-state index is 10.7. The number of aliphatic hydroxyl groups is 1. The summed E-state index contributed by atoms with van der Waals surface area (Å²) in [6, 6.07) is 9.28. The number of rotatable bonds is 6. The Morgan fingerprint density at radius 3 is 2.41 bits per heavy atom. The molecule has 4 nitrogen and oxygen atoms in total. The van der Waals surface area contributed by atoms with Crippen LogP contribution in [-0.2, 0) is 10.4 Å². The molecular formula is C13H19NO3. The van der Waals surface area contributed by atoms with Gasteiger partial charge in [0.1, 0.15) is 0 Å². The fraction of sp³-hybridized carbons (Fsp3) is 0.462. The summed E-state index contributed by atoms with van der Waals surface area (Å²) < 4.78 is 0. The molecule has 1 aromatic rings. The van der Waals surface area contributed by atoms with Crippen molar-refractivity contribution in [3.63, 3.8) is 0 Å². The van der Waals surface area contributed by atoms with Crippen molar-refractivity contribution in [3.05, 3.63) is 35.9 Å². The molecule has 0 saturated heterocycles. The van der Waals surface area contributed by atoms with Crippen molar-refractivity contribution in [1.29, 1.82) is 0 Å². The summed E-state index contributed by atoms with van der Waals surface area (Å²) in [4.78, 5) is 12.4. The van der Waals surface area contributed by atoms with Crippen LogP contribution in [0.5, 0.6) is 0 Å². The van der Waals surface area contributed by atoms with Crippen molar-refractivity contribution in [2.45, 2.75) is 19.4 Å². The Morgan fingerprint density at radius 1 is 1.35 bits per heavy atom. The predicted molar refractivity (Wildman–Crippen MR) is 65.8 cm³/mol. The van der Waals surface area contributed by atoms with Gasteiger partial charge in [0.15, 0.2) is 0 Å². The third-order valence-corrected chi connectivity index (χ3v) is 2.73. The van der Waals surface area contributed by atoms with E-state index in [1.54, 1.807) is 11.8 Å². The number of carboxylic acids is 1. The summed E-state index contributed by atoms with van der Waals surface area (Å²) in [5.41, 5.74) is -0.240. The van der Waals surface area contributed by atoms with Crippen LogP contribution in [-0.4, -0.2) is 40.7 Å². The number of aliphatic carboxylic acids is 1. The lowest BCUT2D eigenvalue weighted by Crippen LogP contribution is -2.41. The van der Waals surface area contributed by atoms with Crippen LogP contribution in [0, 0.1) is 0 Å². The molecule has 0 fully saturated rings. The first-order valence-corrected chi connectivity index (χ1v) is 5.67. The van der Waals surface area contributed by atoms with Crippen molar-refractivity contribution < 1.29 is 15.0 Å². The van der Waals surface area contributed by atoms with Gasteiger partial charge in [-0.1, -0.05) is 37.3 Å². The van der Waals surface area contributed by atoms with Crippen LogP contribution in [0.2, 0.25) is 0 Å². The summed E-state index contributed by atoms with van der Waals surface area (Å²) in [5.74, 6) is -0.879. The topological polar surface area (TPSA) is 60.8 Å². The Hall–Kier alpha value is -1.39. The molecule has 0 aliphatic carbocycles. The molecule has 0 radical (unpaired) electrons. The summed E-state index contributed by atoms with van der Waals surface area (Å²) in [7, 11) is 0. The SMILES string of the molecule is CCN(CC(=O)O)CC(C)(O)c1ccccc1. The van der Waals surface area contributed by atoms with Gasteiger partial charge in [0.2, 0.25) is 0 Å². The zero-order valence-electron chi connectivity index (χ0n) is 10.3. The lowest BCUT2D eigenvalue weighted by Gasteiger charge is -2.30. The molecule has 0 aliphatic heterocycles. The van der Waals surface area contributed by atoms with Crippen LogP contribution < -0.4 is 0 Å². The van der Waals surface area contributed by atoms with Crippen molar-refractivity contribution in [2.24, 2.45) is 0 Å². The summed E-state index contributed by atoms with van der Waals surface area (Å²) in [6.45, 7) is 4.42. The fourth-order valence-corrected chi connectivity index (χ4v) is 1.79. The Labute approximate surface area is 101 Å². The van der Waals surface area contributed by atoms with E-state index >= 15 is 0 Å². The summed E-state index contributed by atoms with van der Waals surface area (Å²) in [5, 5.41) is 19.1. The standard InChI is InChI=1S/C13H19NO3/c1-3-14(9-12(15)16)10-13(2,17)11-7-5-4-6-8-11/h4-8,17H,3,9-10H2,1-2H3,(H,15,16). The van der Waals surface area contributed by atoms with Crippen LogP contribution in [0.15, 0.2) is 30.3 Å². The van der Waals surface area contributed by atoms with Gasteiger partial charge in [0, 0.05) is 6.54 Å². The second-order valence-electron chi connectivity index (χ2n) is 4.34. The van der Waals surface area contributed by atoms with Gasteiger partial charge in [-0.05, 0) is 19.0 Å². The van der Waals surface area contributed by atoms with Crippen LogP contribution in [0.3, 0.4) is 0 Å². The highest BCUT2D eigenvalue weighted by Gasteiger charge is 2.26. The fourth-order valence-electron chi connectivity index (χ4n) is 1.79. The average molecular weight is 237 g/mol. The van der Waals surface area contributed by atoms with Crippen LogP contribution in [0.1, 0.15) is 19.4 Å². The van der Waals surface area contributed by atoms with E-state index in [4.69, 9.17) is 5.11 Å². The van der Waals surface area contributed by atoms with Crippen LogP contribution in [0.25, 0.3) is 0 Å². The van der Waals surface area contributed by atoms with Crippen LogP contribution in [0.4, 0.5) is 0 Å². The van der Waals surface area contributed by atoms with Crippen molar-refractivity contribution >= 4 is 5.97 Å². The van der Waals surface area contributed by atoms with E-state index in [9.17, 15) is 9.90 Å². The normalized spacial score (nSPS) is 14.6. The van der Waals surface area contributed by atoms with Crippen LogP contribution >= 0.6 is 0 Å². The molecule has 17 heavy (non-hydrogen) atoms. The molecule has 0 saturated carbocycles. The highest BCUT2D eigenvalue weighted by molar-refractivity contribution is 5.69. The number of carbonyl (C=O) groups is 1. The molecule has 94 valence electrons. The molecule has 2 N–H and O–H groups in total. The Kier molecular flexibility index (Phi) is 4.66. The molecule has 0 amide bonds. The number of hydrogen-bond donors (Lipinski definition) is 2. The number of likely N-dealkylation sites (N-methyl/N-ethyl adjacent to an activating group) is 1. The van der Waals surface area contributed by atoms with Gasteiger partial charge < -0.3 is 10.2 Å². The molecule has 1 unspecified atom stereocenters. The van der Waals surface area contributed by atoms with Crippen molar-refractivity contribution in [3.8, 4) is 0 Å². The van der Waals surface area contributed by atoms with Gasteiger partial charge in [0.05, 0.1) is 12.1 Å². The monoisotopic (exact) mass is 237 g/mol. The number of nitrogens with zero attached hydrogens (tertiary/aromatic N) is 1. The largest absolute Gasteiger partial charge is 0.480 e. The van der Waals surface area contributed by atoms with Gasteiger partial charge in [-0.3, -0.25) is 9.69 Å². The van der Waals surface area contributed by atoms with E-state index in [0.717, 1.165) is 5.56 Å². The lowest BCUT2D eigenvalue weighted by molar-refractivity contribution is -0.139. The van der Waals surface area contributed by atoms with E-state index in [2.05, 4.69) is 0 Å². The Morgan fingerprint density at radius 2 is 1.94 bits per heavy atom. The minimum Gasteiger partial charge on any atom is -0.480 e. The number of carboxylic acid groups (broad SMARTS) is 1. The molecule has 0 aliphatic rings. The summed E-state index contributed by atoms with van der Waals surface area (Å²) >= 11 is 0. The minimum atomic E-state index is -1.04. The van der Waals surface area contributed by atoms with Crippen molar-refractivity contribution in [2.75, 3.05) is 19.6 Å². The molecule has 0 heterocycles. The highest BCUT2D eigenvalue weighted by Crippen LogP contribution is 2.21. The molecule has 1 atom stereocenters. The van der Waals surface area contributed by atoms with E-state index < -0.39 is 11.6 Å². The van der Waals surface area contributed by atoms with Gasteiger partial charge in [-0.15, -0.1) is 0 Å². The Bertz CT molecular complexity index is 362. The van der Waals surface area contributed by atoms with Gasteiger partial charge in [0.25, 0.3) is 0 Å². The first kappa shape index (κ1) is 13.7. The third-order valence-electron chi connectivity index (χ3n) is 2.73. The number of benzene rings is 1. The Balaban J connectivity index is 2.74. The van der Waals surface area contributed by atoms with Gasteiger partial charge in [-0.25, -0.2) is 0 Å². The molecule has 0 spiro atoms. The zero-order valence-corrected chi connectivity index (χ0v) is 10.3. The second kappa shape index (κ2) is 5.80. The van der Waals surface area contributed by atoms with E-state index in [-0.39, 0.29) is 6.54 Å². The second-order valence-corrected chi connectivity index (χ2v) is 4.34. The van der Waals surface area contributed by atoms with Gasteiger partial charge >= 0.3 is 5.97 Å². The van der Waals surface area contributed by atoms with E-state index in [1.165, 1.54) is 0 Å². The first-order valence-electron chi connectivity index (χ1n) is 5.67. The highest BCUT2D eigenvalue weighted by atomic mass is 16.4. The minimum absolute atomic E-state index is 0.0561.